The second-order valence-corrected chi connectivity index (χ2v) is 4.14. The Morgan fingerprint density at radius 1 is 1.23 bits per heavy atom. The third-order valence-electron chi connectivity index (χ3n) is 1.82. The number of thiazole rings is 1. The molecule has 1 heterocycles. The van der Waals surface area contributed by atoms with Gasteiger partial charge in [-0.2, -0.15) is 0 Å². The Bertz CT molecular complexity index is 208. The fourth-order valence-corrected chi connectivity index (χ4v) is 1.95. The van der Waals surface area contributed by atoms with Crippen molar-refractivity contribution in [1.29, 1.82) is 0 Å². The van der Waals surface area contributed by atoms with E-state index in [0.717, 1.165) is 6.42 Å². The van der Waals surface area contributed by atoms with E-state index in [2.05, 4.69) is 25.8 Å². The molecule has 0 fully saturated rings. The molecule has 13 heavy (non-hydrogen) atoms. The molecule has 1 aromatic heterocycles. The summed E-state index contributed by atoms with van der Waals surface area (Å²) < 4.78 is 0. The Kier molecular flexibility index (Phi) is 6.87. The van der Waals surface area contributed by atoms with Crippen molar-refractivity contribution in [2.75, 3.05) is 0 Å². The second-order valence-electron chi connectivity index (χ2n) is 2.85. The van der Waals surface area contributed by atoms with E-state index in [1.165, 1.54) is 28.4 Å². The lowest BCUT2D eigenvalue weighted by atomic mass is 10.3. The largest absolute Gasteiger partial charge is 0.246 e. The molecule has 0 saturated heterocycles. The molecule has 1 nitrogen and oxygen atoms in total. The molecule has 0 amide bonds. The highest BCUT2D eigenvalue weighted by Gasteiger charge is 2.01. The first-order valence-electron chi connectivity index (χ1n) is 5.17. The van der Waals surface area contributed by atoms with Crippen LogP contribution in [0, 0.1) is 13.8 Å². The van der Waals surface area contributed by atoms with Gasteiger partial charge in [-0.25, -0.2) is 4.98 Å². The average molecular weight is 199 g/mol. The fourth-order valence-electron chi connectivity index (χ4n) is 0.974. The molecule has 0 bridgehead atoms. The summed E-state index contributed by atoms with van der Waals surface area (Å²) in [6.07, 6.45) is 3.69. The van der Waals surface area contributed by atoms with E-state index in [4.69, 9.17) is 0 Å². The Labute approximate surface area is 86.2 Å². The highest BCUT2D eigenvalue weighted by Crippen LogP contribution is 2.17. The third-order valence-corrected chi connectivity index (χ3v) is 2.95. The molecule has 1 aromatic rings. The number of aromatic nitrogens is 1. The fraction of sp³-hybridized carbons (Fsp3) is 0.727. The van der Waals surface area contributed by atoms with E-state index in [9.17, 15) is 0 Å². The summed E-state index contributed by atoms with van der Waals surface area (Å²) in [4.78, 5) is 5.84. The molecule has 76 valence electrons. The minimum atomic E-state index is 1.16. The first kappa shape index (κ1) is 12.6. The quantitative estimate of drug-likeness (QED) is 0.713. The number of rotatable bonds is 3. The maximum absolute atomic E-state index is 4.47. The molecule has 1 rings (SSSR count). The van der Waals surface area contributed by atoms with Gasteiger partial charge in [-0.05, 0) is 26.7 Å². The van der Waals surface area contributed by atoms with Gasteiger partial charge in [0.25, 0.3) is 0 Å². The lowest BCUT2D eigenvalue weighted by Crippen LogP contribution is -1.82. The normalized spacial score (nSPS) is 9.31. The minimum absolute atomic E-state index is 1.16. The van der Waals surface area contributed by atoms with Crippen molar-refractivity contribution in [3.63, 3.8) is 0 Å². The predicted molar refractivity (Wildman–Crippen MR) is 61.5 cm³/mol. The van der Waals surface area contributed by atoms with Crippen LogP contribution in [0.1, 0.15) is 49.2 Å². The molecule has 0 radical (unpaired) electrons. The van der Waals surface area contributed by atoms with Crippen molar-refractivity contribution >= 4 is 11.3 Å². The van der Waals surface area contributed by atoms with Crippen LogP contribution >= 0.6 is 11.3 Å². The van der Waals surface area contributed by atoms with Crippen molar-refractivity contribution in [2.45, 2.75) is 53.9 Å². The average Bonchev–Trinajstić information content (AvgIpc) is 2.46. The van der Waals surface area contributed by atoms with Gasteiger partial charge in [-0.3, -0.25) is 0 Å². The highest BCUT2D eigenvalue weighted by atomic mass is 32.1. The van der Waals surface area contributed by atoms with Crippen molar-refractivity contribution in [1.82, 2.24) is 4.98 Å². The van der Waals surface area contributed by atoms with Crippen LogP contribution in [0.25, 0.3) is 0 Å². The molecule has 0 atom stereocenters. The van der Waals surface area contributed by atoms with E-state index < -0.39 is 0 Å². The molecule has 0 aliphatic carbocycles. The zero-order chi connectivity index (χ0) is 10.3. The second kappa shape index (κ2) is 7.07. The van der Waals surface area contributed by atoms with E-state index in [1.54, 1.807) is 0 Å². The maximum atomic E-state index is 4.47. The van der Waals surface area contributed by atoms with Gasteiger partial charge in [0.15, 0.2) is 0 Å². The van der Waals surface area contributed by atoms with Crippen LogP contribution in [-0.2, 0) is 6.42 Å². The number of unbranched alkanes of at least 4 members (excludes halogenated alkanes) is 1. The SMILES string of the molecule is CC.CCCCc1nc(C)c(C)s1. The van der Waals surface area contributed by atoms with Crippen LogP contribution in [0.4, 0.5) is 0 Å². The monoisotopic (exact) mass is 199 g/mol. The van der Waals surface area contributed by atoms with Crippen molar-refractivity contribution in [3.8, 4) is 0 Å². The van der Waals surface area contributed by atoms with Crippen LogP contribution < -0.4 is 0 Å². The van der Waals surface area contributed by atoms with Gasteiger partial charge < -0.3 is 0 Å². The molecular weight excluding hydrogens is 178 g/mol. The maximum Gasteiger partial charge on any atom is 0.0930 e. The standard InChI is InChI=1S/C9H15NS.C2H6/c1-4-5-6-9-10-7(2)8(3)11-9;1-2/h4-6H2,1-3H3;1-2H3. The molecule has 0 aromatic carbocycles. The summed E-state index contributed by atoms with van der Waals surface area (Å²) >= 11 is 1.84. The van der Waals surface area contributed by atoms with Crippen molar-refractivity contribution in [2.24, 2.45) is 0 Å². The molecule has 0 unspecified atom stereocenters. The van der Waals surface area contributed by atoms with Crippen molar-refractivity contribution in [3.05, 3.63) is 15.6 Å². The zero-order valence-corrected chi connectivity index (χ0v) is 10.3. The van der Waals surface area contributed by atoms with E-state index in [-0.39, 0.29) is 0 Å². The highest BCUT2D eigenvalue weighted by molar-refractivity contribution is 7.11. The minimum Gasteiger partial charge on any atom is -0.246 e. The first-order valence-corrected chi connectivity index (χ1v) is 5.98. The molecular formula is C11H21NS. The number of hydrogen-bond donors (Lipinski definition) is 0. The molecule has 0 spiro atoms. The van der Waals surface area contributed by atoms with E-state index in [0.29, 0.717) is 0 Å². The lowest BCUT2D eigenvalue weighted by Gasteiger charge is -1.89. The summed E-state index contributed by atoms with van der Waals surface area (Å²) in [6.45, 7) is 10.4. The molecule has 2 heteroatoms. The molecule has 0 aliphatic heterocycles. The van der Waals surface area contributed by atoms with Gasteiger partial charge in [0, 0.05) is 4.88 Å². The summed E-state index contributed by atoms with van der Waals surface area (Å²) in [5.74, 6) is 0. The molecule has 0 aliphatic rings. The summed E-state index contributed by atoms with van der Waals surface area (Å²) in [6, 6.07) is 0. The lowest BCUT2D eigenvalue weighted by molar-refractivity contribution is 0.788. The van der Waals surface area contributed by atoms with Crippen molar-refractivity contribution < 1.29 is 0 Å². The topological polar surface area (TPSA) is 12.9 Å². The van der Waals surface area contributed by atoms with Crippen LogP contribution in [0.5, 0.6) is 0 Å². The Morgan fingerprint density at radius 2 is 1.85 bits per heavy atom. The molecule has 0 saturated carbocycles. The zero-order valence-electron chi connectivity index (χ0n) is 9.48. The predicted octanol–water partition coefficient (Wildman–Crippen LogP) is 4.13. The van der Waals surface area contributed by atoms with E-state index >= 15 is 0 Å². The van der Waals surface area contributed by atoms with Crippen LogP contribution in [0.3, 0.4) is 0 Å². The van der Waals surface area contributed by atoms with Gasteiger partial charge >= 0.3 is 0 Å². The molecule has 0 N–H and O–H groups in total. The van der Waals surface area contributed by atoms with Crippen LogP contribution in [0.2, 0.25) is 0 Å². The Hall–Kier alpha value is -0.370. The van der Waals surface area contributed by atoms with Gasteiger partial charge in [0.05, 0.1) is 10.7 Å². The Balaban J connectivity index is 0.000000671. The summed E-state index contributed by atoms with van der Waals surface area (Å²) in [7, 11) is 0. The number of hydrogen-bond acceptors (Lipinski definition) is 2. The first-order chi connectivity index (χ1) is 6.24. The van der Waals surface area contributed by atoms with Gasteiger partial charge in [0.1, 0.15) is 0 Å². The summed E-state index contributed by atoms with van der Waals surface area (Å²) in [5.41, 5.74) is 1.21. The van der Waals surface area contributed by atoms with Gasteiger partial charge in [-0.1, -0.05) is 27.2 Å². The van der Waals surface area contributed by atoms with Crippen LogP contribution in [0.15, 0.2) is 0 Å². The summed E-state index contributed by atoms with van der Waals surface area (Å²) in [5, 5.41) is 1.31. The third kappa shape index (κ3) is 4.41. The van der Waals surface area contributed by atoms with Gasteiger partial charge in [0.2, 0.25) is 0 Å². The van der Waals surface area contributed by atoms with Gasteiger partial charge in [-0.15, -0.1) is 11.3 Å². The van der Waals surface area contributed by atoms with Crippen LogP contribution in [-0.4, -0.2) is 4.98 Å². The Morgan fingerprint density at radius 3 is 2.23 bits per heavy atom. The van der Waals surface area contributed by atoms with E-state index in [1.807, 2.05) is 25.2 Å². The number of nitrogens with zero attached hydrogens (tertiary/aromatic N) is 1. The number of aryl methyl sites for hydroxylation is 3. The smallest absolute Gasteiger partial charge is 0.0930 e.